The Kier molecular flexibility index (Phi) is 6.23. The van der Waals surface area contributed by atoms with Gasteiger partial charge in [0.05, 0.1) is 15.5 Å². The second kappa shape index (κ2) is 7.60. The van der Waals surface area contributed by atoms with Crippen molar-refractivity contribution in [2.75, 3.05) is 26.7 Å². The maximum absolute atomic E-state index is 13.1. The number of carbonyl (C=O) groups is 1. The zero-order valence-corrected chi connectivity index (χ0v) is 15.6. The van der Waals surface area contributed by atoms with E-state index in [2.05, 4.69) is 5.32 Å². The van der Waals surface area contributed by atoms with Crippen LogP contribution in [0.25, 0.3) is 0 Å². The molecule has 1 N–H and O–H groups in total. The Morgan fingerprint density at radius 3 is 2.65 bits per heavy atom. The quantitative estimate of drug-likeness (QED) is 0.863. The Balaban J connectivity index is 0.00000192. The highest BCUT2D eigenvalue weighted by molar-refractivity contribution is 6.42. The number of likely N-dealkylation sites (tertiary alicyclic amines) is 1. The van der Waals surface area contributed by atoms with E-state index in [0.29, 0.717) is 16.0 Å². The summed E-state index contributed by atoms with van der Waals surface area (Å²) < 4.78 is 0. The molecule has 1 heterocycles. The molecule has 6 heteroatoms. The lowest BCUT2D eigenvalue weighted by atomic mass is 9.63. The lowest BCUT2D eigenvalue weighted by Gasteiger charge is -2.43. The summed E-state index contributed by atoms with van der Waals surface area (Å²) in [7, 11) is 1.97. The van der Waals surface area contributed by atoms with Gasteiger partial charge in [-0.1, -0.05) is 35.7 Å². The van der Waals surface area contributed by atoms with Crippen LogP contribution in [0.3, 0.4) is 0 Å². The van der Waals surface area contributed by atoms with Crippen LogP contribution in [0.1, 0.15) is 31.2 Å². The van der Waals surface area contributed by atoms with Crippen molar-refractivity contribution in [1.29, 1.82) is 0 Å². The molecule has 0 spiro atoms. The number of halogens is 3. The number of nitrogens with zero attached hydrogens (tertiary/aromatic N) is 1. The van der Waals surface area contributed by atoms with Crippen molar-refractivity contribution in [3.05, 3.63) is 33.8 Å². The third-order valence-corrected chi connectivity index (χ3v) is 5.89. The summed E-state index contributed by atoms with van der Waals surface area (Å²) in [4.78, 5) is 15.2. The van der Waals surface area contributed by atoms with E-state index in [1.165, 1.54) is 0 Å². The van der Waals surface area contributed by atoms with Crippen LogP contribution in [0, 0.1) is 5.92 Å². The zero-order chi connectivity index (χ0) is 15.7. The molecule has 0 bridgehead atoms. The maximum Gasteiger partial charge on any atom is 0.233 e. The molecule has 2 aliphatic rings. The van der Waals surface area contributed by atoms with Gasteiger partial charge in [-0.15, -0.1) is 12.4 Å². The van der Waals surface area contributed by atoms with Crippen molar-refractivity contribution in [2.24, 2.45) is 5.92 Å². The lowest BCUT2D eigenvalue weighted by molar-refractivity contribution is -0.140. The molecule has 1 saturated carbocycles. The molecule has 23 heavy (non-hydrogen) atoms. The molecule has 2 fully saturated rings. The lowest BCUT2D eigenvalue weighted by Crippen LogP contribution is -2.50. The van der Waals surface area contributed by atoms with Gasteiger partial charge in [-0.2, -0.15) is 0 Å². The van der Waals surface area contributed by atoms with E-state index in [-0.39, 0.29) is 23.7 Å². The molecule has 3 nitrogen and oxygen atoms in total. The molecular formula is C17H23Cl3N2O. The van der Waals surface area contributed by atoms with Gasteiger partial charge in [0.15, 0.2) is 0 Å². The molecule has 3 rings (SSSR count). The van der Waals surface area contributed by atoms with Crippen molar-refractivity contribution >= 4 is 41.5 Å². The van der Waals surface area contributed by atoms with E-state index < -0.39 is 0 Å². The number of carbonyl (C=O) groups excluding carboxylic acids is 1. The molecule has 1 atom stereocenters. The summed E-state index contributed by atoms with van der Waals surface area (Å²) in [6, 6.07) is 5.65. The molecule has 128 valence electrons. The van der Waals surface area contributed by atoms with E-state index in [0.717, 1.165) is 50.9 Å². The summed E-state index contributed by atoms with van der Waals surface area (Å²) in [5.41, 5.74) is 0.651. The normalized spacial score (nSPS) is 22.4. The highest BCUT2D eigenvalue weighted by Gasteiger charge is 2.48. The first kappa shape index (κ1) is 18.9. The van der Waals surface area contributed by atoms with Crippen LogP contribution in [0.5, 0.6) is 0 Å². The molecule has 1 amide bonds. The largest absolute Gasteiger partial charge is 0.342 e. The Bertz CT molecular complexity index is 575. The topological polar surface area (TPSA) is 32.3 Å². The summed E-state index contributed by atoms with van der Waals surface area (Å²) in [5, 5.41) is 4.29. The molecular weight excluding hydrogens is 355 g/mol. The van der Waals surface area contributed by atoms with Gasteiger partial charge in [0.1, 0.15) is 0 Å². The number of hydrogen-bond donors (Lipinski definition) is 1. The van der Waals surface area contributed by atoms with Gasteiger partial charge in [0.2, 0.25) is 5.91 Å². The fourth-order valence-corrected chi connectivity index (χ4v) is 4.02. The molecule has 0 radical (unpaired) electrons. The van der Waals surface area contributed by atoms with Gasteiger partial charge in [-0.3, -0.25) is 4.79 Å². The average molecular weight is 378 g/mol. The fourth-order valence-electron chi connectivity index (χ4n) is 3.73. The molecule has 1 saturated heterocycles. The average Bonchev–Trinajstić information content (AvgIpc) is 2.90. The monoisotopic (exact) mass is 376 g/mol. The number of amides is 1. The van der Waals surface area contributed by atoms with Crippen LogP contribution in [0.4, 0.5) is 0 Å². The van der Waals surface area contributed by atoms with E-state index in [4.69, 9.17) is 23.2 Å². The Morgan fingerprint density at radius 2 is 2.09 bits per heavy atom. The standard InChI is InChI=1S/C17H22Cl2N2O.ClH/c1-20-10-12-5-8-21(11-12)16(22)17(6-2-7-17)13-3-4-14(18)15(19)9-13;/h3-4,9,12,20H,2,5-8,10-11H2,1H3;1H. The summed E-state index contributed by atoms with van der Waals surface area (Å²) in [5.74, 6) is 0.843. The van der Waals surface area contributed by atoms with Crippen molar-refractivity contribution in [3.8, 4) is 0 Å². The zero-order valence-electron chi connectivity index (χ0n) is 13.3. The second-order valence-electron chi connectivity index (χ2n) is 6.53. The van der Waals surface area contributed by atoms with Crippen LogP contribution in [-0.4, -0.2) is 37.5 Å². The van der Waals surface area contributed by atoms with E-state index >= 15 is 0 Å². The number of rotatable bonds is 4. The van der Waals surface area contributed by atoms with E-state index in [9.17, 15) is 4.79 Å². The molecule has 1 aromatic carbocycles. The molecule has 1 aromatic rings. The highest BCUT2D eigenvalue weighted by Crippen LogP contribution is 2.47. The van der Waals surface area contributed by atoms with Gasteiger partial charge in [-0.25, -0.2) is 0 Å². The Labute approximate surface area is 154 Å². The summed E-state index contributed by atoms with van der Waals surface area (Å²) in [6.07, 6.45) is 4.01. The van der Waals surface area contributed by atoms with E-state index in [1.807, 2.05) is 24.1 Å². The van der Waals surface area contributed by atoms with Gasteiger partial charge >= 0.3 is 0 Å². The third-order valence-electron chi connectivity index (χ3n) is 5.15. The number of benzene rings is 1. The summed E-state index contributed by atoms with van der Waals surface area (Å²) >= 11 is 12.2. The first-order chi connectivity index (χ1) is 10.6. The van der Waals surface area contributed by atoms with Crippen LogP contribution in [-0.2, 0) is 10.2 Å². The van der Waals surface area contributed by atoms with Gasteiger partial charge < -0.3 is 10.2 Å². The minimum atomic E-state index is -0.372. The SMILES string of the molecule is CNCC1CCN(C(=O)C2(c3ccc(Cl)c(Cl)c3)CCC2)C1.Cl. The number of nitrogens with one attached hydrogen (secondary N) is 1. The fraction of sp³-hybridized carbons (Fsp3) is 0.588. The minimum Gasteiger partial charge on any atom is -0.342 e. The van der Waals surface area contributed by atoms with E-state index in [1.54, 1.807) is 6.07 Å². The summed E-state index contributed by atoms with van der Waals surface area (Å²) in [6.45, 7) is 2.71. The first-order valence-corrected chi connectivity index (χ1v) is 8.72. The Morgan fingerprint density at radius 1 is 1.35 bits per heavy atom. The number of hydrogen-bond acceptors (Lipinski definition) is 2. The predicted octanol–water partition coefficient (Wildman–Crippen LogP) is 3.90. The van der Waals surface area contributed by atoms with Crippen LogP contribution < -0.4 is 5.32 Å². The van der Waals surface area contributed by atoms with Gasteiger partial charge in [-0.05, 0) is 56.5 Å². The second-order valence-corrected chi connectivity index (χ2v) is 7.34. The maximum atomic E-state index is 13.1. The molecule has 0 aromatic heterocycles. The van der Waals surface area contributed by atoms with Crippen molar-refractivity contribution < 1.29 is 4.79 Å². The highest BCUT2D eigenvalue weighted by atomic mass is 35.5. The molecule has 1 unspecified atom stereocenters. The van der Waals surface area contributed by atoms with Crippen LogP contribution in [0.2, 0.25) is 10.0 Å². The van der Waals surface area contributed by atoms with Gasteiger partial charge in [0, 0.05) is 13.1 Å². The minimum absolute atomic E-state index is 0. The Hall–Kier alpha value is -0.480. The van der Waals surface area contributed by atoms with Crippen molar-refractivity contribution in [2.45, 2.75) is 31.1 Å². The smallest absolute Gasteiger partial charge is 0.233 e. The third kappa shape index (κ3) is 3.48. The van der Waals surface area contributed by atoms with Crippen LogP contribution in [0.15, 0.2) is 18.2 Å². The predicted molar refractivity (Wildman–Crippen MR) is 97.9 cm³/mol. The van der Waals surface area contributed by atoms with Crippen molar-refractivity contribution in [1.82, 2.24) is 10.2 Å². The molecule has 1 aliphatic carbocycles. The van der Waals surface area contributed by atoms with Gasteiger partial charge in [0.25, 0.3) is 0 Å². The van der Waals surface area contributed by atoms with Crippen LogP contribution >= 0.6 is 35.6 Å². The van der Waals surface area contributed by atoms with Crippen molar-refractivity contribution in [3.63, 3.8) is 0 Å². The molecule has 1 aliphatic heterocycles. The first-order valence-electron chi connectivity index (χ1n) is 7.96.